The van der Waals surface area contributed by atoms with Gasteiger partial charge in [0.2, 0.25) is 0 Å². The third-order valence-corrected chi connectivity index (χ3v) is 13.2. The molecule has 0 bridgehead atoms. The van der Waals surface area contributed by atoms with Crippen molar-refractivity contribution >= 4 is 27.5 Å². The molecule has 55 heavy (non-hydrogen) atoms. The summed E-state index contributed by atoms with van der Waals surface area (Å²) in [4.78, 5) is 15.1. The summed E-state index contributed by atoms with van der Waals surface area (Å²) in [5, 5.41) is 20.6. The predicted molar refractivity (Wildman–Crippen MR) is 214 cm³/mol. The molecule has 1 amide bonds. The Morgan fingerprint density at radius 3 is 2.44 bits per heavy atom. The largest absolute Gasteiger partial charge is 0.444 e. The van der Waals surface area contributed by atoms with Gasteiger partial charge in [-0.2, -0.15) is 0 Å². The number of aliphatic hydroxyl groups excluding tert-OH is 2. The Hall–Kier alpha value is -2.03. The molecular weight excluding hydrogens is 746 g/mol. The number of alkyl halides is 1. The number of rotatable bonds is 18. The van der Waals surface area contributed by atoms with E-state index in [1.54, 1.807) is 49.9 Å². The maximum atomic E-state index is 13.9. The minimum atomic E-state index is -3.79. The van der Waals surface area contributed by atoms with Crippen LogP contribution in [0.15, 0.2) is 53.5 Å². The van der Waals surface area contributed by atoms with Crippen LogP contribution in [-0.4, -0.2) is 115 Å². The quantitative estimate of drug-likeness (QED) is 0.116. The second-order valence-electron chi connectivity index (χ2n) is 17.5. The molecule has 0 aliphatic carbocycles. The average molecular weight is 813 g/mol. The molecule has 3 aliphatic rings. The zero-order valence-electron chi connectivity index (χ0n) is 34.2. The van der Waals surface area contributed by atoms with E-state index in [2.05, 4.69) is 13.2 Å². The van der Waals surface area contributed by atoms with Gasteiger partial charge in [-0.1, -0.05) is 37.8 Å². The van der Waals surface area contributed by atoms with Crippen molar-refractivity contribution in [3.8, 4) is 0 Å². The van der Waals surface area contributed by atoms with E-state index in [0.717, 1.165) is 30.4 Å². The van der Waals surface area contributed by atoms with E-state index in [9.17, 15) is 18.3 Å². The van der Waals surface area contributed by atoms with E-state index in [4.69, 9.17) is 40.4 Å². The van der Waals surface area contributed by atoms with Crippen LogP contribution in [0.3, 0.4) is 0 Å². The number of methoxy groups -OCH3 is 1. The number of hydrogen-bond donors (Lipinski definition) is 2. The second-order valence-corrected chi connectivity index (χ2v) is 20.1. The normalized spacial score (nSPS) is 28.7. The van der Waals surface area contributed by atoms with Gasteiger partial charge in [0.05, 0.1) is 59.4 Å². The molecule has 0 saturated carbocycles. The molecule has 2 N–H and O–H groups in total. The van der Waals surface area contributed by atoms with Gasteiger partial charge in [0.25, 0.3) is 0 Å². The zero-order chi connectivity index (χ0) is 40.9. The molecule has 3 aliphatic heterocycles. The zero-order valence-corrected chi connectivity index (χ0v) is 35.7. The Balaban J connectivity index is 1.47. The van der Waals surface area contributed by atoms with Crippen molar-refractivity contribution in [3.63, 3.8) is 0 Å². The monoisotopic (exact) mass is 811 g/mol. The van der Waals surface area contributed by atoms with Gasteiger partial charge in [0.1, 0.15) is 11.8 Å². The first-order valence-corrected chi connectivity index (χ1v) is 21.8. The van der Waals surface area contributed by atoms with Crippen molar-refractivity contribution in [1.82, 2.24) is 4.90 Å². The van der Waals surface area contributed by atoms with Crippen LogP contribution >= 0.6 is 11.6 Å². The van der Waals surface area contributed by atoms with Crippen LogP contribution in [0.2, 0.25) is 0 Å². The standard InChI is InChI=1S/C42H66ClNO10S/c1-26-13-16-32(17-14-26)55(48,49)24-33-36(52-37(39(33)50-10)23-38-44(25-42(8,9)53-38)40(47)54-41(5,6)7)22-34(46)29(4)27(2)20-30(43)15-18-35-28(3)21-31(51-35)12-11-19-45/h13-14,16-17,27,30-31,33-39,45-46H,3-4,11-12,15,18-25H2,1-2,5-10H3/t27-,30+,31+,33+,34?,35+,36+,37-,38+,39-/m1/s1. The van der Waals surface area contributed by atoms with Crippen molar-refractivity contribution in [2.75, 3.05) is 26.0 Å². The first-order chi connectivity index (χ1) is 25.6. The summed E-state index contributed by atoms with van der Waals surface area (Å²) in [5.74, 6) is -1.05. The molecule has 1 aromatic rings. The van der Waals surface area contributed by atoms with E-state index < -0.39 is 63.7 Å². The van der Waals surface area contributed by atoms with Crippen molar-refractivity contribution in [2.24, 2.45) is 11.8 Å². The van der Waals surface area contributed by atoms with Gasteiger partial charge >= 0.3 is 6.09 Å². The van der Waals surface area contributed by atoms with E-state index in [0.29, 0.717) is 31.4 Å². The van der Waals surface area contributed by atoms with E-state index in [1.165, 1.54) is 7.11 Å². The summed E-state index contributed by atoms with van der Waals surface area (Å²) in [7, 11) is -2.26. The van der Waals surface area contributed by atoms with Crippen molar-refractivity contribution in [2.45, 2.75) is 164 Å². The molecule has 4 rings (SSSR count). The summed E-state index contributed by atoms with van der Waals surface area (Å²) in [6.45, 7) is 22.0. The molecule has 0 spiro atoms. The van der Waals surface area contributed by atoms with Crippen LogP contribution in [0.5, 0.6) is 0 Å². The first-order valence-electron chi connectivity index (χ1n) is 19.7. The maximum Gasteiger partial charge on any atom is 0.412 e. The fourth-order valence-electron chi connectivity index (χ4n) is 8.04. The fourth-order valence-corrected chi connectivity index (χ4v) is 10.1. The summed E-state index contributed by atoms with van der Waals surface area (Å²) < 4.78 is 58.6. The van der Waals surface area contributed by atoms with Gasteiger partial charge < -0.3 is 33.9 Å². The molecule has 11 nitrogen and oxygen atoms in total. The van der Waals surface area contributed by atoms with Crippen LogP contribution in [0, 0.1) is 18.8 Å². The van der Waals surface area contributed by atoms with Gasteiger partial charge in [-0.25, -0.2) is 13.2 Å². The number of carbonyl (C=O) groups is 1. The summed E-state index contributed by atoms with van der Waals surface area (Å²) >= 11 is 6.83. The van der Waals surface area contributed by atoms with Gasteiger partial charge in [-0.15, -0.1) is 11.6 Å². The lowest BCUT2D eigenvalue weighted by Crippen LogP contribution is -2.43. The highest BCUT2D eigenvalue weighted by molar-refractivity contribution is 7.91. The molecule has 3 fully saturated rings. The molecule has 312 valence electrons. The molecule has 13 heteroatoms. The number of amides is 1. The van der Waals surface area contributed by atoms with Crippen LogP contribution in [0.1, 0.15) is 98.5 Å². The Morgan fingerprint density at radius 2 is 1.82 bits per heavy atom. The lowest BCUT2D eigenvalue weighted by molar-refractivity contribution is -0.0902. The number of halogens is 1. The number of aryl methyl sites for hydroxylation is 1. The van der Waals surface area contributed by atoms with E-state index >= 15 is 0 Å². The highest BCUT2D eigenvalue weighted by Crippen LogP contribution is 2.40. The lowest BCUT2D eigenvalue weighted by atomic mass is 9.86. The SMILES string of the molecule is C=C(C(O)C[C@@H]1O[C@H](C[C@@H]2OC(C)(C)CN2C(=O)OC(C)(C)C)[C@H](OC)[C@H]1CS(=O)(=O)c1ccc(C)cc1)[C@H](C)C[C@@H](Cl)CC[C@@H]1O[C@@H](CCCO)CC1=C. The number of aliphatic hydroxyl groups is 2. The maximum absolute atomic E-state index is 13.9. The number of sulfone groups is 1. The Bertz CT molecular complexity index is 1560. The van der Waals surface area contributed by atoms with Gasteiger partial charge in [-0.05, 0) is 109 Å². The number of carbonyl (C=O) groups excluding carboxylic acids is 1. The lowest BCUT2D eigenvalue weighted by Gasteiger charge is -2.29. The predicted octanol–water partition coefficient (Wildman–Crippen LogP) is 7.14. The van der Waals surface area contributed by atoms with Crippen LogP contribution in [0.4, 0.5) is 4.79 Å². The van der Waals surface area contributed by atoms with Crippen LogP contribution < -0.4 is 0 Å². The average Bonchev–Trinajstić information content (AvgIpc) is 3.71. The Morgan fingerprint density at radius 1 is 1.15 bits per heavy atom. The van der Waals surface area contributed by atoms with E-state index in [1.807, 2.05) is 27.7 Å². The summed E-state index contributed by atoms with van der Waals surface area (Å²) in [6, 6.07) is 6.74. The van der Waals surface area contributed by atoms with Crippen molar-refractivity contribution < 1.29 is 47.1 Å². The highest BCUT2D eigenvalue weighted by atomic mass is 35.5. The third-order valence-electron chi connectivity index (χ3n) is 10.9. The van der Waals surface area contributed by atoms with Gasteiger partial charge in [0.15, 0.2) is 9.84 Å². The fraction of sp³-hybridized carbons (Fsp3) is 0.738. The molecule has 0 radical (unpaired) electrons. The minimum Gasteiger partial charge on any atom is -0.444 e. The smallest absolute Gasteiger partial charge is 0.412 e. The van der Waals surface area contributed by atoms with Crippen molar-refractivity contribution in [1.29, 1.82) is 0 Å². The Labute approximate surface area is 334 Å². The number of benzene rings is 1. The molecule has 0 aromatic heterocycles. The highest BCUT2D eigenvalue weighted by Gasteiger charge is 2.51. The van der Waals surface area contributed by atoms with Gasteiger partial charge in [-0.3, -0.25) is 4.90 Å². The summed E-state index contributed by atoms with van der Waals surface area (Å²) in [5.41, 5.74) is 1.23. The minimum absolute atomic E-state index is 0.0553. The first kappa shape index (κ1) is 45.7. The Kier molecular flexibility index (Phi) is 15.9. The second kappa shape index (κ2) is 19.1. The molecule has 3 saturated heterocycles. The van der Waals surface area contributed by atoms with Crippen LogP contribution in [-0.2, 0) is 33.5 Å². The molecule has 3 heterocycles. The van der Waals surface area contributed by atoms with E-state index in [-0.39, 0.29) is 53.6 Å². The third kappa shape index (κ3) is 12.7. The summed E-state index contributed by atoms with van der Waals surface area (Å²) in [6.07, 6.45) is 0.388. The van der Waals surface area contributed by atoms with Crippen molar-refractivity contribution in [3.05, 3.63) is 54.1 Å². The molecule has 10 atom stereocenters. The number of ether oxygens (including phenoxy) is 5. The molecule has 1 aromatic carbocycles. The van der Waals surface area contributed by atoms with Gasteiger partial charge in [0, 0.05) is 37.9 Å². The number of nitrogens with zero attached hydrogens (tertiary/aromatic N) is 1. The molecule has 1 unspecified atom stereocenters. The molecular formula is C42H66ClNO10S. The number of hydrogen-bond acceptors (Lipinski definition) is 10. The van der Waals surface area contributed by atoms with Crippen LogP contribution in [0.25, 0.3) is 0 Å². The topological polar surface area (TPSA) is 141 Å².